The summed E-state index contributed by atoms with van der Waals surface area (Å²) >= 11 is 4.91. The third kappa shape index (κ3) is 5.00. The van der Waals surface area contributed by atoms with Crippen molar-refractivity contribution in [2.45, 2.75) is 24.0 Å². The van der Waals surface area contributed by atoms with Gasteiger partial charge >= 0.3 is 0 Å². The number of rotatable bonds is 5. The third-order valence-electron chi connectivity index (χ3n) is 3.02. The number of amides is 1. The Kier molecular flexibility index (Phi) is 6.21. The number of nitrogens with one attached hydrogen (secondary N) is 1. The van der Waals surface area contributed by atoms with E-state index >= 15 is 0 Å². The van der Waals surface area contributed by atoms with Crippen LogP contribution in [-0.4, -0.2) is 16.9 Å². The summed E-state index contributed by atoms with van der Waals surface area (Å²) in [5, 5.41) is 3.97. The average molecular weight is 377 g/mol. The van der Waals surface area contributed by atoms with Gasteiger partial charge in [-0.2, -0.15) is 5.10 Å². The maximum atomic E-state index is 12.1. The van der Waals surface area contributed by atoms with Crippen LogP contribution in [0.25, 0.3) is 0 Å². The van der Waals surface area contributed by atoms with Gasteiger partial charge in [-0.15, -0.1) is 11.8 Å². The number of nitrogens with zero attached hydrogens (tertiary/aromatic N) is 1. The number of carbonyl (C=O) groups is 1. The monoisotopic (exact) mass is 376 g/mol. The first-order valence-electron chi connectivity index (χ1n) is 6.88. The van der Waals surface area contributed by atoms with Gasteiger partial charge in [0.1, 0.15) is 0 Å². The minimum atomic E-state index is -0.205. The van der Waals surface area contributed by atoms with Crippen LogP contribution in [0.2, 0.25) is 0 Å². The van der Waals surface area contributed by atoms with Gasteiger partial charge in [-0.25, -0.2) is 5.43 Å². The van der Waals surface area contributed by atoms with Crippen LogP contribution >= 0.6 is 27.7 Å². The molecule has 3 nitrogen and oxygen atoms in total. The molecule has 1 amide bonds. The molecule has 0 aromatic heterocycles. The molecule has 1 N–H and O–H groups in total. The van der Waals surface area contributed by atoms with Crippen molar-refractivity contribution in [3.63, 3.8) is 0 Å². The second kappa shape index (κ2) is 8.15. The first-order chi connectivity index (χ1) is 10.6. The smallest absolute Gasteiger partial charge is 0.253 e. The molecule has 0 spiro atoms. The summed E-state index contributed by atoms with van der Waals surface area (Å²) in [6, 6.07) is 17.7. The molecule has 2 aromatic rings. The lowest BCUT2D eigenvalue weighted by Crippen LogP contribution is -2.27. The largest absolute Gasteiger partial charge is 0.272 e. The first-order valence-corrected chi connectivity index (χ1v) is 8.55. The Morgan fingerprint density at radius 3 is 2.41 bits per heavy atom. The highest BCUT2D eigenvalue weighted by Gasteiger charge is 2.13. The lowest BCUT2D eigenvalue weighted by molar-refractivity contribution is -0.120. The van der Waals surface area contributed by atoms with Crippen LogP contribution in [0.1, 0.15) is 19.4 Å². The topological polar surface area (TPSA) is 41.5 Å². The minimum absolute atomic E-state index is 0.106. The zero-order valence-electron chi connectivity index (χ0n) is 12.4. The zero-order valence-corrected chi connectivity index (χ0v) is 14.8. The standard InChI is InChI=1S/C17H17BrN2OS/c1-12(14-8-10-15(18)11-9-14)19-20-17(21)13(2)22-16-6-4-3-5-7-16/h3-11,13H,1-2H3,(H,20,21)/b19-12-/t13-/m1/s1. The van der Waals surface area contributed by atoms with Crippen LogP contribution < -0.4 is 5.43 Å². The van der Waals surface area contributed by atoms with Crippen LogP contribution in [0.3, 0.4) is 0 Å². The van der Waals surface area contributed by atoms with Crippen molar-refractivity contribution in [2.24, 2.45) is 5.10 Å². The number of hydrogen-bond donors (Lipinski definition) is 1. The van der Waals surface area contributed by atoms with Crippen LogP contribution in [0.5, 0.6) is 0 Å². The van der Waals surface area contributed by atoms with Gasteiger partial charge in [-0.05, 0) is 43.7 Å². The molecule has 0 bridgehead atoms. The molecule has 0 fully saturated rings. The van der Waals surface area contributed by atoms with Crippen molar-refractivity contribution < 1.29 is 4.79 Å². The Morgan fingerprint density at radius 2 is 1.77 bits per heavy atom. The SMILES string of the molecule is C/C(=N/NC(=O)[C@@H](C)Sc1ccccc1)c1ccc(Br)cc1. The van der Waals surface area contributed by atoms with E-state index in [0.717, 1.165) is 20.6 Å². The molecule has 0 saturated carbocycles. The number of thioether (sulfide) groups is 1. The van der Waals surface area contributed by atoms with Crippen molar-refractivity contribution in [3.05, 3.63) is 64.6 Å². The Balaban J connectivity index is 1.93. The molecule has 114 valence electrons. The second-order valence-corrected chi connectivity index (χ2v) is 7.08. The highest BCUT2D eigenvalue weighted by molar-refractivity contribution is 9.10. The first kappa shape index (κ1) is 16.8. The fraction of sp³-hybridized carbons (Fsp3) is 0.176. The van der Waals surface area contributed by atoms with Crippen molar-refractivity contribution in [1.82, 2.24) is 5.43 Å². The van der Waals surface area contributed by atoms with Gasteiger partial charge in [-0.1, -0.05) is 46.3 Å². The van der Waals surface area contributed by atoms with Gasteiger partial charge in [0.05, 0.1) is 11.0 Å². The number of carbonyl (C=O) groups excluding carboxylic acids is 1. The van der Waals surface area contributed by atoms with Gasteiger partial charge in [0, 0.05) is 9.37 Å². The Bertz CT molecular complexity index is 656. The van der Waals surface area contributed by atoms with E-state index in [1.165, 1.54) is 11.8 Å². The molecule has 0 aliphatic carbocycles. The highest BCUT2D eigenvalue weighted by Crippen LogP contribution is 2.22. The molecule has 22 heavy (non-hydrogen) atoms. The van der Waals surface area contributed by atoms with Gasteiger partial charge < -0.3 is 0 Å². The summed E-state index contributed by atoms with van der Waals surface area (Å²) in [6.45, 7) is 3.75. The molecule has 2 rings (SSSR count). The van der Waals surface area contributed by atoms with E-state index in [4.69, 9.17) is 0 Å². The summed E-state index contributed by atoms with van der Waals surface area (Å²) < 4.78 is 1.01. The molecule has 0 radical (unpaired) electrons. The number of hydrogen-bond acceptors (Lipinski definition) is 3. The average Bonchev–Trinajstić information content (AvgIpc) is 2.53. The second-order valence-electron chi connectivity index (χ2n) is 4.75. The quantitative estimate of drug-likeness (QED) is 0.475. The lowest BCUT2D eigenvalue weighted by Gasteiger charge is -2.10. The zero-order chi connectivity index (χ0) is 15.9. The molecule has 2 aromatic carbocycles. The molecular weight excluding hydrogens is 360 g/mol. The molecule has 1 atom stereocenters. The molecule has 0 saturated heterocycles. The van der Waals surface area contributed by atoms with Crippen LogP contribution in [0, 0.1) is 0 Å². The molecule has 0 unspecified atom stereocenters. The summed E-state index contributed by atoms with van der Waals surface area (Å²) in [4.78, 5) is 13.2. The van der Waals surface area contributed by atoms with Gasteiger partial charge in [-0.3, -0.25) is 4.79 Å². The number of hydrazone groups is 1. The van der Waals surface area contributed by atoms with E-state index in [1.54, 1.807) is 0 Å². The van der Waals surface area contributed by atoms with Crippen molar-refractivity contribution >= 4 is 39.3 Å². The summed E-state index contributed by atoms with van der Waals surface area (Å²) in [5.74, 6) is -0.106. The lowest BCUT2D eigenvalue weighted by atomic mass is 10.1. The molecule has 0 aliphatic heterocycles. The maximum Gasteiger partial charge on any atom is 0.253 e. The Hall–Kier alpha value is -1.59. The molecular formula is C17H17BrN2OS. The third-order valence-corrected chi connectivity index (χ3v) is 4.66. The van der Waals surface area contributed by atoms with Gasteiger partial charge in [0.15, 0.2) is 0 Å². The van der Waals surface area contributed by atoms with Crippen LogP contribution in [-0.2, 0) is 4.79 Å². The van der Waals surface area contributed by atoms with Gasteiger partial charge in [0.25, 0.3) is 5.91 Å². The van der Waals surface area contributed by atoms with Crippen LogP contribution in [0.4, 0.5) is 0 Å². The van der Waals surface area contributed by atoms with Crippen molar-refractivity contribution in [3.8, 4) is 0 Å². The van der Waals surface area contributed by atoms with Crippen LogP contribution in [0.15, 0.2) is 69.1 Å². The molecule has 5 heteroatoms. The Labute approximate surface area is 143 Å². The highest BCUT2D eigenvalue weighted by atomic mass is 79.9. The molecule has 0 aliphatic rings. The summed E-state index contributed by atoms with van der Waals surface area (Å²) in [6.07, 6.45) is 0. The summed E-state index contributed by atoms with van der Waals surface area (Å²) in [5.41, 5.74) is 4.39. The fourth-order valence-electron chi connectivity index (χ4n) is 1.74. The maximum absolute atomic E-state index is 12.1. The predicted octanol–water partition coefficient (Wildman–Crippen LogP) is 4.47. The number of benzene rings is 2. The predicted molar refractivity (Wildman–Crippen MR) is 96.3 cm³/mol. The van der Waals surface area contributed by atoms with E-state index in [2.05, 4.69) is 26.5 Å². The van der Waals surface area contributed by atoms with E-state index in [9.17, 15) is 4.79 Å². The van der Waals surface area contributed by atoms with E-state index in [0.29, 0.717) is 0 Å². The number of halogens is 1. The van der Waals surface area contributed by atoms with Crippen molar-refractivity contribution in [2.75, 3.05) is 0 Å². The van der Waals surface area contributed by atoms with E-state index in [1.807, 2.05) is 68.4 Å². The van der Waals surface area contributed by atoms with E-state index < -0.39 is 0 Å². The summed E-state index contributed by atoms with van der Waals surface area (Å²) in [7, 11) is 0. The fourth-order valence-corrected chi connectivity index (χ4v) is 2.89. The van der Waals surface area contributed by atoms with Crippen molar-refractivity contribution in [1.29, 1.82) is 0 Å². The normalized spacial score (nSPS) is 12.8. The Morgan fingerprint density at radius 1 is 1.14 bits per heavy atom. The molecule has 0 heterocycles. The minimum Gasteiger partial charge on any atom is -0.272 e. The van der Waals surface area contributed by atoms with E-state index in [-0.39, 0.29) is 11.2 Å². The van der Waals surface area contributed by atoms with Gasteiger partial charge in [0.2, 0.25) is 0 Å².